The van der Waals surface area contributed by atoms with Crippen molar-refractivity contribution < 1.29 is 28.4 Å². The number of carbonyl (C=O) groups excluding carboxylic acids is 1. The molecule has 0 aliphatic heterocycles. The summed E-state index contributed by atoms with van der Waals surface area (Å²) in [5.41, 5.74) is 5.11. The number of carboxylic acids is 1. The summed E-state index contributed by atoms with van der Waals surface area (Å²) < 4.78 is 34.2. The number of anilines is 1. The molecule has 0 aliphatic carbocycles. The maximum Gasteiger partial charge on any atom is 0.323 e. The van der Waals surface area contributed by atoms with Gasteiger partial charge in [0.05, 0.1) is 19.0 Å². The van der Waals surface area contributed by atoms with Crippen molar-refractivity contribution in [2.45, 2.75) is 39.0 Å². The number of aromatic nitrogens is 4. The number of nitrogens with two attached hydrogens (primary N) is 1. The molecule has 34 heavy (non-hydrogen) atoms. The molecule has 3 rings (SSSR count). The molecule has 14 heteroatoms. The third-order valence-electron chi connectivity index (χ3n) is 4.81. The van der Waals surface area contributed by atoms with E-state index in [1.165, 1.54) is 38.6 Å². The highest BCUT2D eigenvalue weighted by molar-refractivity contribution is 7.60. The van der Waals surface area contributed by atoms with Gasteiger partial charge in [-0.25, -0.2) is 24.4 Å². The number of fused-ring (bicyclic) bond motifs is 1. The minimum absolute atomic E-state index is 0.0479. The summed E-state index contributed by atoms with van der Waals surface area (Å²) in [5.74, 6) is -2.37. The molecular formula is C20H25FN7O5P. The number of nitrogens with one attached hydrogen (secondary N) is 2. The molecule has 182 valence electrons. The van der Waals surface area contributed by atoms with Crippen LogP contribution >= 0.6 is 7.44 Å². The highest BCUT2D eigenvalue weighted by atomic mass is 31.2. The number of nitrogens with zero attached hydrogens (tertiary/aromatic N) is 4. The third kappa shape index (κ3) is 5.93. The Bertz CT molecular complexity index is 1250. The van der Waals surface area contributed by atoms with Gasteiger partial charge < -0.3 is 20.1 Å². The normalized spacial score (nSPS) is 14.5. The van der Waals surface area contributed by atoms with Gasteiger partial charge in [0.25, 0.3) is 13.4 Å². The second-order valence-electron chi connectivity index (χ2n) is 8.16. The summed E-state index contributed by atoms with van der Waals surface area (Å²) in [7, 11) is -3.94. The van der Waals surface area contributed by atoms with E-state index in [0.29, 0.717) is 11.2 Å². The predicted molar refractivity (Wildman–Crippen MR) is 121 cm³/mol. The fourth-order valence-corrected chi connectivity index (χ4v) is 5.12. The largest absolute Gasteiger partial charge is 0.480 e. The smallest absolute Gasteiger partial charge is 0.323 e. The van der Waals surface area contributed by atoms with Crippen molar-refractivity contribution in [3.8, 4) is 0 Å². The molecule has 2 heterocycles. The molecule has 0 spiro atoms. The number of imidazole rings is 1. The van der Waals surface area contributed by atoms with Crippen LogP contribution in [0.15, 0.2) is 36.9 Å². The number of hydrogen-bond acceptors (Lipinski definition) is 8. The fraction of sp³-hybridized carbons (Fsp3) is 0.350. The number of nitrogen functional groups attached to an aromatic ring is 1. The van der Waals surface area contributed by atoms with Gasteiger partial charge in [-0.1, -0.05) is 0 Å². The monoisotopic (exact) mass is 493 g/mol. The van der Waals surface area contributed by atoms with Gasteiger partial charge in [-0.05, 0) is 45.0 Å². The number of aliphatic carboxylic acids is 1. The van der Waals surface area contributed by atoms with Crippen LogP contribution in [0.25, 0.3) is 11.2 Å². The zero-order chi connectivity index (χ0) is 25.1. The predicted octanol–water partition coefficient (Wildman–Crippen LogP) is 1.99. The van der Waals surface area contributed by atoms with Gasteiger partial charge in [0, 0.05) is 5.56 Å². The molecule has 0 aliphatic rings. The SMILES string of the molecule is C[C@H](Cn1cnc2c(N)ncnc21)OC[P@](=O)(NC(=O)c1ccc(F)cc1)NC(C)(C)C(=O)O. The van der Waals surface area contributed by atoms with E-state index in [1.54, 1.807) is 11.5 Å². The fourth-order valence-electron chi connectivity index (χ4n) is 3.02. The van der Waals surface area contributed by atoms with E-state index in [-0.39, 0.29) is 17.9 Å². The number of carboxylic acid groups (broad SMARTS) is 1. The van der Waals surface area contributed by atoms with Crippen LogP contribution in [0.1, 0.15) is 31.1 Å². The molecule has 2 atom stereocenters. The first-order valence-electron chi connectivity index (χ1n) is 10.1. The molecule has 1 amide bonds. The summed E-state index contributed by atoms with van der Waals surface area (Å²) >= 11 is 0. The van der Waals surface area contributed by atoms with Crippen LogP contribution in [0.5, 0.6) is 0 Å². The summed E-state index contributed by atoms with van der Waals surface area (Å²) in [6.07, 6.45) is 1.76. The first-order valence-corrected chi connectivity index (χ1v) is 12.0. The van der Waals surface area contributed by atoms with Crippen molar-refractivity contribution in [2.75, 3.05) is 12.1 Å². The van der Waals surface area contributed by atoms with Crippen molar-refractivity contribution in [3.05, 3.63) is 48.3 Å². The maximum absolute atomic E-state index is 13.6. The Morgan fingerprint density at radius 1 is 1.26 bits per heavy atom. The molecular weight excluding hydrogens is 468 g/mol. The van der Waals surface area contributed by atoms with Gasteiger partial charge in [0.15, 0.2) is 11.5 Å². The molecule has 0 saturated carbocycles. The van der Waals surface area contributed by atoms with Crippen LogP contribution < -0.4 is 15.9 Å². The Hall–Kier alpha value is -3.41. The standard InChI is InChI=1S/C20H25FN7O5P/c1-12(8-28-10-25-15-16(22)23-9-24-17(15)28)33-11-34(32,27-20(2,3)19(30)31)26-18(29)13-4-6-14(21)7-5-13/h4-7,9-10,12H,8,11H2,1-3H3,(H,30,31)(H2,22,23,24)(H2,26,27,29,32)/t12-,34+/m1/s1. The first-order chi connectivity index (χ1) is 15.9. The number of halogens is 1. The van der Waals surface area contributed by atoms with Crippen molar-refractivity contribution in [2.24, 2.45) is 0 Å². The Balaban J connectivity index is 1.75. The molecule has 1 aromatic carbocycles. The number of ether oxygens (including phenoxy) is 1. The number of hydrogen-bond donors (Lipinski definition) is 4. The third-order valence-corrected chi connectivity index (χ3v) is 6.80. The van der Waals surface area contributed by atoms with Crippen molar-refractivity contribution in [1.82, 2.24) is 29.7 Å². The van der Waals surface area contributed by atoms with Gasteiger partial charge >= 0.3 is 5.97 Å². The lowest BCUT2D eigenvalue weighted by Gasteiger charge is -2.29. The average Bonchev–Trinajstić information content (AvgIpc) is 3.16. The summed E-state index contributed by atoms with van der Waals surface area (Å²) in [6, 6.07) is 4.61. The second kappa shape index (κ2) is 9.84. The van der Waals surface area contributed by atoms with E-state index in [0.717, 1.165) is 12.1 Å². The Morgan fingerprint density at radius 3 is 2.59 bits per heavy atom. The van der Waals surface area contributed by atoms with Gasteiger partial charge in [0.2, 0.25) is 0 Å². The number of rotatable bonds is 10. The Kier molecular flexibility index (Phi) is 7.29. The van der Waals surface area contributed by atoms with Gasteiger partial charge in [0.1, 0.15) is 29.5 Å². The molecule has 3 aromatic rings. The zero-order valence-corrected chi connectivity index (χ0v) is 19.6. The molecule has 2 aromatic heterocycles. The van der Waals surface area contributed by atoms with E-state index < -0.39 is 43.1 Å². The lowest BCUT2D eigenvalue weighted by molar-refractivity contribution is -0.142. The van der Waals surface area contributed by atoms with E-state index in [4.69, 9.17) is 10.5 Å². The minimum Gasteiger partial charge on any atom is -0.480 e. The average molecular weight is 493 g/mol. The topological polar surface area (TPSA) is 174 Å². The Labute approximate surface area is 194 Å². The van der Waals surface area contributed by atoms with Gasteiger partial charge in [-0.15, -0.1) is 0 Å². The van der Waals surface area contributed by atoms with Crippen LogP contribution in [-0.2, 0) is 20.6 Å². The van der Waals surface area contributed by atoms with Crippen LogP contribution in [-0.4, -0.2) is 54.5 Å². The minimum atomic E-state index is -3.94. The van der Waals surface area contributed by atoms with Crippen LogP contribution in [0.3, 0.4) is 0 Å². The highest BCUT2D eigenvalue weighted by Crippen LogP contribution is 2.39. The van der Waals surface area contributed by atoms with Crippen molar-refractivity contribution in [3.63, 3.8) is 0 Å². The van der Waals surface area contributed by atoms with Crippen LogP contribution in [0.2, 0.25) is 0 Å². The zero-order valence-electron chi connectivity index (χ0n) is 18.7. The van der Waals surface area contributed by atoms with E-state index in [9.17, 15) is 23.7 Å². The van der Waals surface area contributed by atoms with Gasteiger partial charge in [-0.2, -0.15) is 0 Å². The molecule has 0 radical (unpaired) electrons. The van der Waals surface area contributed by atoms with Crippen molar-refractivity contribution >= 4 is 36.3 Å². The van der Waals surface area contributed by atoms with Crippen LogP contribution in [0, 0.1) is 5.82 Å². The highest BCUT2D eigenvalue weighted by Gasteiger charge is 2.37. The summed E-state index contributed by atoms with van der Waals surface area (Å²) in [5, 5.41) is 14.3. The van der Waals surface area contributed by atoms with Gasteiger partial charge in [-0.3, -0.25) is 19.2 Å². The second-order valence-corrected chi connectivity index (χ2v) is 10.3. The van der Waals surface area contributed by atoms with E-state index >= 15 is 0 Å². The van der Waals surface area contributed by atoms with E-state index in [1.807, 2.05) is 0 Å². The molecule has 0 saturated heterocycles. The molecule has 12 nitrogen and oxygen atoms in total. The summed E-state index contributed by atoms with van der Waals surface area (Å²) in [4.78, 5) is 36.4. The number of carbonyl (C=O) groups is 2. The molecule has 0 bridgehead atoms. The van der Waals surface area contributed by atoms with E-state index in [2.05, 4.69) is 25.1 Å². The lowest BCUT2D eigenvalue weighted by atomic mass is 10.1. The summed E-state index contributed by atoms with van der Waals surface area (Å²) in [6.45, 7) is 4.56. The quantitative estimate of drug-likeness (QED) is 0.306. The van der Waals surface area contributed by atoms with Crippen LogP contribution in [0.4, 0.5) is 10.2 Å². The molecule has 0 fully saturated rings. The first kappa shape index (κ1) is 25.2. The number of amides is 1. The maximum atomic E-state index is 13.6. The lowest BCUT2D eigenvalue weighted by Crippen LogP contribution is -2.48. The molecule has 5 N–H and O–H groups in total. The number of benzene rings is 1. The molecule has 0 unspecified atom stereocenters. The van der Waals surface area contributed by atoms with Crippen molar-refractivity contribution in [1.29, 1.82) is 0 Å². The Morgan fingerprint density at radius 2 is 1.94 bits per heavy atom.